The van der Waals surface area contributed by atoms with Crippen LogP contribution in [0.25, 0.3) is 17.5 Å². The summed E-state index contributed by atoms with van der Waals surface area (Å²) in [5, 5.41) is 6.65. The van der Waals surface area contributed by atoms with Gasteiger partial charge in [0.25, 0.3) is 0 Å². The summed E-state index contributed by atoms with van der Waals surface area (Å²) in [6.07, 6.45) is 3.23. The van der Waals surface area contributed by atoms with Crippen molar-refractivity contribution in [3.8, 4) is 17.1 Å². The number of aromatic nitrogens is 2. The lowest BCUT2D eigenvalue weighted by Crippen LogP contribution is -2.20. The van der Waals surface area contributed by atoms with Crippen LogP contribution in [0.2, 0.25) is 0 Å². The van der Waals surface area contributed by atoms with E-state index < -0.39 is 0 Å². The molecule has 26 heavy (non-hydrogen) atoms. The van der Waals surface area contributed by atoms with E-state index in [4.69, 9.17) is 9.26 Å². The van der Waals surface area contributed by atoms with Gasteiger partial charge in [0.2, 0.25) is 17.6 Å². The molecule has 3 aromatic rings. The maximum absolute atomic E-state index is 11.9. The van der Waals surface area contributed by atoms with Gasteiger partial charge in [-0.1, -0.05) is 35.0 Å². The largest absolute Gasteiger partial charge is 0.497 e. The second-order valence-electron chi connectivity index (χ2n) is 5.70. The van der Waals surface area contributed by atoms with E-state index in [0.29, 0.717) is 11.7 Å². The lowest BCUT2D eigenvalue weighted by Gasteiger charge is -1.99. The van der Waals surface area contributed by atoms with Gasteiger partial charge in [0.15, 0.2) is 0 Å². The fraction of sp³-hybridized carbons (Fsp3) is 0.150. The molecule has 0 spiro atoms. The zero-order chi connectivity index (χ0) is 18.4. The SMILES string of the molecule is COc1ccc(-c2noc(CNC(=O)/C=C/c3ccc(C)cc3)n2)cc1. The van der Waals surface area contributed by atoms with Crippen LogP contribution in [0.1, 0.15) is 17.0 Å². The van der Waals surface area contributed by atoms with Crippen LogP contribution in [0.4, 0.5) is 0 Å². The minimum atomic E-state index is -0.227. The smallest absolute Gasteiger partial charge is 0.246 e. The fourth-order valence-corrected chi connectivity index (χ4v) is 2.26. The number of amides is 1. The highest BCUT2D eigenvalue weighted by Gasteiger charge is 2.09. The van der Waals surface area contributed by atoms with Crippen LogP contribution in [0.3, 0.4) is 0 Å². The van der Waals surface area contributed by atoms with E-state index in [-0.39, 0.29) is 12.5 Å². The molecule has 6 heteroatoms. The van der Waals surface area contributed by atoms with Crippen LogP contribution in [-0.4, -0.2) is 23.2 Å². The van der Waals surface area contributed by atoms with Crippen LogP contribution in [0.15, 0.2) is 59.1 Å². The van der Waals surface area contributed by atoms with Gasteiger partial charge in [-0.05, 0) is 42.8 Å². The Balaban J connectivity index is 1.55. The van der Waals surface area contributed by atoms with Crippen molar-refractivity contribution in [2.75, 3.05) is 7.11 Å². The Morgan fingerprint density at radius 2 is 1.88 bits per heavy atom. The third-order valence-electron chi connectivity index (χ3n) is 3.73. The number of rotatable bonds is 6. The first-order valence-corrected chi connectivity index (χ1v) is 8.13. The Morgan fingerprint density at radius 1 is 1.15 bits per heavy atom. The number of aryl methyl sites for hydroxylation is 1. The minimum Gasteiger partial charge on any atom is -0.497 e. The number of ether oxygens (including phenoxy) is 1. The highest BCUT2D eigenvalue weighted by molar-refractivity contribution is 5.91. The molecule has 0 saturated carbocycles. The average Bonchev–Trinajstić information content (AvgIpc) is 3.15. The van der Waals surface area contributed by atoms with Crippen molar-refractivity contribution >= 4 is 12.0 Å². The summed E-state index contributed by atoms with van der Waals surface area (Å²) in [5.74, 6) is 1.33. The number of nitrogens with one attached hydrogen (secondary N) is 1. The van der Waals surface area contributed by atoms with E-state index >= 15 is 0 Å². The Bertz CT molecular complexity index is 897. The van der Waals surface area contributed by atoms with Crippen molar-refractivity contribution in [1.82, 2.24) is 15.5 Å². The van der Waals surface area contributed by atoms with Gasteiger partial charge in [0, 0.05) is 11.6 Å². The quantitative estimate of drug-likeness (QED) is 0.690. The average molecular weight is 349 g/mol. The molecule has 0 unspecified atom stereocenters. The van der Waals surface area contributed by atoms with Crippen molar-refractivity contribution in [1.29, 1.82) is 0 Å². The summed E-state index contributed by atoms with van der Waals surface area (Å²) in [6.45, 7) is 2.19. The predicted octanol–water partition coefficient (Wildman–Crippen LogP) is 3.38. The van der Waals surface area contributed by atoms with Crippen molar-refractivity contribution in [3.63, 3.8) is 0 Å². The number of benzene rings is 2. The molecule has 0 bridgehead atoms. The van der Waals surface area contributed by atoms with Crippen LogP contribution < -0.4 is 10.1 Å². The first kappa shape index (κ1) is 17.4. The number of carbonyl (C=O) groups is 1. The Labute approximate surface area is 151 Å². The third-order valence-corrected chi connectivity index (χ3v) is 3.73. The van der Waals surface area contributed by atoms with E-state index in [1.807, 2.05) is 55.5 Å². The van der Waals surface area contributed by atoms with E-state index in [1.54, 1.807) is 13.2 Å². The third kappa shape index (κ3) is 4.57. The van der Waals surface area contributed by atoms with Crippen LogP contribution in [0, 0.1) is 6.92 Å². The molecule has 1 amide bonds. The number of hydrogen-bond acceptors (Lipinski definition) is 5. The van der Waals surface area contributed by atoms with Crippen LogP contribution >= 0.6 is 0 Å². The molecule has 0 saturated heterocycles. The summed E-state index contributed by atoms with van der Waals surface area (Å²) < 4.78 is 10.3. The second-order valence-corrected chi connectivity index (χ2v) is 5.70. The molecule has 3 rings (SSSR count). The molecule has 2 aromatic carbocycles. The summed E-state index contributed by atoms with van der Waals surface area (Å²) in [6, 6.07) is 15.2. The topological polar surface area (TPSA) is 77.3 Å². The van der Waals surface area contributed by atoms with E-state index in [1.165, 1.54) is 11.6 Å². The molecule has 0 aliphatic heterocycles. The highest BCUT2D eigenvalue weighted by Crippen LogP contribution is 2.19. The summed E-state index contributed by atoms with van der Waals surface area (Å²) in [7, 11) is 1.61. The van der Waals surface area contributed by atoms with Crippen LogP contribution in [0.5, 0.6) is 5.75 Å². The molecule has 1 N–H and O–H groups in total. The first-order chi connectivity index (χ1) is 12.6. The van der Waals surface area contributed by atoms with Crippen molar-refractivity contribution in [3.05, 3.63) is 71.6 Å². The Kier molecular flexibility index (Phi) is 5.43. The minimum absolute atomic E-state index is 0.167. The van der Waals surface area contributed by atoms with Gasteiger partial charge in [-0.15, -0.1) is 0 Å². The lowest BCUT2D eigenvalue weighted by molar-refractivity contribution is -0.116. The summed E-state index contributed by atoms with van der Waals surface area (Å²) >= 11 is 0. The molecule has 0 atom stereocenters. The number of methoxy groups -OCH3 is 1. The summed E-state index contributed by atoms with van der Waals surface area (Å²) in [4.78, 5) is 16.2. The van der Waals surface area contributed by atoms with Gasteiger partial charge >= 0.3 is 0 Å². The van der Waals surface area contributed by atoms with Gasteiger partial charge in [0.05, 0.1) is 13.7 Å². The number of carbonyl (C=O) groups excluding carboxylic acids is 1. The maximum Gasteiger partial charge on any atom is 0.246 e. The standard InChI is InChI=1S/C20H19N3O3/c1-14-3-5-15(6-4-14)7-12-18(24)21-13-19-22-20(23-26-19)16-8-10-17(25-2)11-9-16/h3-12H,13H2,1-2H3,(H,21,24)/b12-7+. The lowest BCUT2D eigenvalue weighted by atomic mass is 10.1. The predicted molar refractivity (Wildman–Crippen MR) is 98.3 cm³/mol. The maximum atomic E-state index is 11.9. The van der Waals surface area contributed by atoms with Gasteiger partial charge in [-0.3, -0.25) is 4.79 Å². The van der Waals surface area contributed by atoms with Crippen LogP contribution in [-0.2, 0) is 11.3 Å². The molecule has 132 valence electrons. The zero-order valence-corrected chi connectivity index (χ0v) is 14.6. The Morgan fingerprint density at radius 3 is 2.58 bits per heavy atom. The molecule has 0 aliphatic carbocycles. The van der Waals surface area contributed by atoms with E-state index in [2.05, 4.69) is 15.5 Å². The monoisotopic (exact) mass is 349 g/mol. The molecular formula is C20H19N3O3. The number of nitrogens with zero attached hydrogens (tertiary/aromatic N) is 2. The normalized spacial score (nSPS) is 10.8. The first-order valence-electron chi connectivity index (χ1n) is 8.13. The molecule has 1 aromatic heterocycles. The van der Waals surface area contributed by atoms with E-state index in [9.17, 15) is 4.79 Å². The van der Waals surface area contributed by atoms with E-state index in [0.717, 1.165) is 16.9 Å². The fourth-order valence-electron chi connectivity index (χ4n) is 2.26. The zero-order valence-electron chi connectivity index (χ0n) is 14.6. The molecule has 0 aliphatic rings. The van der Waals surface area contributed by atoms with Crippen molar-refractivity contribution in [2.45, 2.75) is 13.5 Å². The molecule has 0 fully saturated rings. The molecule has 6 nitrogen and oxygen atoms in total. The molecule has 0 radical (unpaired) electrons. The second kappa shape index (κ2) is 8.11. The number of hydrogen-bond donors (Lipinski definition) is 1. The van der Waals surface area contributed by atoms with Gasteiger partial charge < -0.3 is 14.6 Å². The van der Waals surface area contributed by atoms with Crippen molar-refractivity contribution in [2.24, 2.45) is 0 Å². The summed E-state index contributed by atoms with van der Waals surface area (Å²) in [5.41, 5.74) is 2.95. The Hall–Kier alpha value is -3.41. The molecule has 1 heterocycles. The van der Waals surface area contributed by atoms with Gasteiger partial charge in [0.1, 0.15) is 5.75 Å². The highest BCUT2D eigenvalue weighted by atomic mass is 16.5. The molecular weight excluding hydrogens is 330 g/mol. The van der Waals surface area contributed by atoms with Crippen molar-refractivity contribution < 1.29 is 14.1 Å². The van der Waals surface area contributed by atoms with Gasteiger partial charge in [-0.2, -0.15) is 4.98 Å². The van der Waals surface area contributed by atoms with Gasteiger partial charge in [-0.25, -0.2) is 0 Å².